The molecule has 0 aliphatic carbocycles. The number of nitrogens with zero attached hydrogens (tertiary/aromatic N) is 3. The molecule has 0 saturated carbocycles. The molecule has 2 aliphatic heterocycles. The second kappa shape index (κ2) is 7.06. The molecule has 7 heteroatoms. The summed E-state index contributed by atoms with van der Waals surface area (Å²) in [5, 5.41) is 0. The topological polar surface area (TPSA) is 78.5 Å². The van der Waals surface area contributed by atoms with Crippen LogP contribution in [0.25, 0.3) is 0 Å². The average molecular weight is 348 g/mol. The summed E-state index contributed by atoms with van der Waals surface area (Å²) < 4.78 is 5.62. The van der Waals surface area contributed by atoms with Crippen LogP contribution >= 0.6 is 0 Å². The fraction of sp³-hybridized carbons (Fsp3) is 0.722. The van der Waals surface area contributed by atoms with Gasteiger partial charge >= 0.3 is 6.09 Å². The van der Waals surface area contributed by atoms with E-state index in [0.717, 1.165) is 32.1 Å². The van der Waals surface area contributed by atoms with Crippen molar-refractivity contribution in [2.24, 2.45) is 0 Å². The van der Waals surface area contributed by atoms with E-state index < -0.39 is 5.60 Å². The number of imidazole rings is 1. The summed E-state index contributed by atoms with van der Waals surface area (Å²) in [7, 11) is 0. The summed E-state index contributed by atoms with van der Waals surface area (Å²) in [4.78, 5) is 36.1. The number of fused-ring (bicyclic) bond motifs is 1. The van der Waals surface area contributed by atoms with Crippen molar-refractivity contribution in [3.63, 3.8) is 0 Å². The van der Waals surface area contributed by atoms with Crippen LogP contribution in [0.5, 0.6) is 0 Å². The van der Waals surface area contributed by atoms with E-state index in [0.29, 0.717) is 18.8 Å². The van der Waals surface area contributed by atoms with Gasteiger partial charge in [-0.3, -0.25) is 4.79 Å². The Morgan fingerprint density at radius 1 is 1.12 bits per heavy atom. The highest BCUT2D eigenvalue weighted by molar-refractivity contribution is 5.92. The first-order chi connectivity index (χ1) is 11.9. The second-order valence-electron chi connectivity index (χ2n) is 7.91. The Balaban J connectivity index is 1.79. The van der Waals surface area contributed by atoms with Gasteiger partial charge in [0.15, 0.2) is 0 Å². The first-order valence-corrected chi connectivity index (χ1v) is 9.16. The predicted molar refractivity (Wildman–Crippen MR) is 93.2 cm³/mol. The monoisotopic (exact) mass is 348 g/mol. The molecule has 7 nitrogen and oxygen atoms in total. The van der Waals surface area contributed by atoms with Gasteiger partial charge in [-0.15, -0.1) is 0 Å². The van der Waals surface area contributed by atoms with E-state index in [1.165, 1.54) is 6.33 Å². The lowest BCUT2D eigenvalue weighted by atomic mass is 9.97. The fourth-order valence-corrected chi connectivity index (χ4v) is 3.85. The molecule has 2 fully saturated rings. The SMILES string of the molecule is CC(C)(C)OC(=O)N1CCCCC[C@@H]2[C@H]1CCN2C(=O)c1cnc[nH]1. The maximum Gasteiger partial charge on any atom is 0.410 e. The molecule has 3 heterocycles. The van der Waals surface area contributed by atoms with Crippen LogP contribution in [-0.2, 0) is 4.74 Å². The van der Waals surface area contributed by atoms with Gasteiger partial charge in [0, 0.05) is 13.1 Å². The summed E-state index contributed by atoms with van der Waals surface area (Å²) in [6.45, 7) is 7.01. The molecule has 2 saturated heterocycles. The number of H-pyrrole nitrogens is 1. The highest BCUT2D eigenvalue weighted by atomic mass is 16.6. The summed E-state index contributed by atoms with van der Waals surface area (Å²) in [5.74, 6) is -0.0327. The van der Waals surface area contributed by atoms with Gasteiger partial charge in [-0.25, -0.2) is 9.78 Å². The number of ether oxygens (including phenoxy) is 1. The third kappa shape index (κ3) is 3.96. The Bertz CT molecular complexity index is 608. The van der Waals surface area contributed by atoms with Crippen LogP contribution in [0.3, 0.4) is 0 Å². The predicted octanol–water partition coefficient (Wildman–Crippen LogP) is 2.80. The molecule has 0 radical (unpaired) electrons. The van der Waals surface area contributed by atoms with E-state index in [2.05, 4.69) is 9.97 Å². The third-order valence-electron chi connectivity index (χ3n) is 4.93. The van der Waals surface area contributed by atoms with Gasteiger partial charge < -0.3 is 19.5 Å². The maximum absolute atomic E-state index is 12.8. The molecule has 2 atom stereocenters. The van der Waals surface area contributed by atoms with Crippen LogP contribution in [0.4, 0.5) is 4.79 Å². The van der Waals surface area contributed by atoms with Crippen LogP contribution in [0, 0.1) is 0 Å². The van der Waals surface area contributed by atoms with Crippen molar-refractivity contribution in [2.45, 2.75) is 70.6 Å². The minimum absolute atomic E-state index is 0.0296. The van der Waals surface area contributed by atoms with Crippen LogP contribution in [-0.4, -0.2) is 62.5 Å². The van der Waals surface area contributed by atoms with Crippen LogP contribution in [0.2, 0.25) is 0 Å². The molecule has 0 spiro atoms. The zero-order valence-electron chi connectivity index (χ0n) is 15.3. The summed E-state index contributed by atoms with van der Waals surface area (Å²) >= 11 is 0. The highest BCUT2D eigenvalue weighted by Crippen LogP contribution is 2.31. The van der Waals surface area contributed by atoms with Gasteiger partial charge in [0.1, 0.15) is 11.3 Å². The van der Waals surface area contributed by atoms with E-state index in [1.807, 2.05) is 30.6 Å². The van der Waals surface area contributed by atoms with Crippen molar-refractivity contribution >= 4 is 12.0 Å². The third-order valence-corrected chi connectivity index (χ3v) is 4.93. The van der Waals surface area contributed by atoms with Crippen LogP contribution in [0.15, 0.2) is 12.5 Å². The number of aromatic nitrogens is 2. The van der Waals surface area contributed by atoms with E-state index in [9.17, 15) is 9.59 Å². The van der Waals surface area contributed by atoms with Crippen molar-refractivity contribution in [3.8, 4) is 0 Å². The summed E-state index contributed by atoms with van der Waals surface area (Å²) in [5.41, 5.74) is -0.00886. The number of amides is 2. The number of carbonyl (C=O) groups excluding carboxylic acids is 2. The molecule has 0 aromatic carbocycles. The Kier molecular flexibility index (Phi) is 5.01. The summed E-state index contributed by atoms with van der Waals surface area (Å²) in [6.07, 6.45) is 7.66. The zero-order valence-corrected chi connectivity index (χ0v) is 15.3. The lowest BCUT2D eigenvalue weighted by Crippen LogP contribution is -2.51. The maximum atomic E-state index is 12.8. The normalized spacial score (nSPS) is 24.4. The quantitative estimate of drug-likeness (QED) is 0.846. The van der Waals surface area contributed by atoms with Gasteiger partial charge in [-0.05, 0) is 40.0 Å². The number of aromatic amines is 1. The minimum atomic E-state index is -0.515. The van der Waals surface area contributed by atoms with Gasteiger partial charge in [-0.1, -0.05) is 12.8 Å². The average Bonchev–Trinajstić information content (AvgIpc) is 3.14. The molecule has 1 aromatic heterocycles. The van der Waals surface area contributed by atoms with Crippen LogP contribution in [0.1, 0.15) is 63.4 Å². The van der Waals surface area contributed by atoms with Crippen molar-refractivity contribution in [1.82, 2.24) is 19.8 Å². The Labute approximate surface area is 148 Å². The van der Waals surface area contributed by atoms with Gasteiger partial charge in [0.05, 0.1) is 24.6 Å². The van der Waals surface area contributed by atoms with E-state index >= 15 is 0 Å². The van der Waals surface area contributed by atoms with Crippen molar-refractivity contribution in [1.29, 1.82) is 0 Å². The Morgan fingerprint density at radius 3 is 2.56 bits per heavy atom. The molecule has 0 unspecified atom stereocenters. The molecule has 2 aliphatic rings. The minimum Gasteiger partial charge on any atom is -0.444 e. The Morgan fingerprint density at radius 2 is 1.88 bits per heavy atom. The molecule has 138 valence electrons. The second-order valence-corrected chi connectivity index (χ2v) is 7.91. The van der Waals surface area contributed by atoms with Gasteiger partial charge in [0.2, 0.25) is 0 Å². The number of likely N-dealkylation sites (tertiary alicyclic amines) is 2. The van der Waals surface area contributed by atoms with E-state index in [4.69, 9.17) is 4.74 Å². The fourth-order valence-electron chi connectivity index (χ4n) is 3.85. The molecule has 0 bridgehead atoms. The number of rotatable bonds is 1. The van der Waals surface area contributed by atoms with Crippen molar-refractivity contribution in [3.05, 3.63) is 18.2 Å². The first kappa shape index (κ1) is 17.8. The smallest absolute Gasteiger partial charge is 0.410 e. The number of nitrogens with one attached hydrogen (secondary N) is 1. The molecule has 1 N–H and O–H groups in total. The number of carbonyl (C=O) groups is 2. The molecule has 1 aromatic rings. The molecule has 3 rings (SSSR count). The van der Waals surface area contributed by atoms with Gasteiger partial charge in [0.25, 0.3) is 5.91 Å². The van der Waals surface area contributed by atoms with E-state index in [1.54, 1.807) is 6.20 Å². The lowest BCUT2D eigenvalue weighted by molar-refractivity contribution is 0.00896. The number of hydrogen-bond acceptors (Lipinski definition) is 4. The Hall–Kier alpha value is -2.05. The van der Waals surface area contributed by atoms with E-state index in [-0.39, 0.29) is 24.1 Å². The molecular formula is C18H28N4O3. The number of hydrogen-bond donors (Lipinski definition) is 1. The van der Waals surface area contributed by atoms with Gasteiger partial charge in [-0.2, -0.15) is 0 Å². The van der Waals surface area contributed by atoms with Crippen molar-refractivity contribution < 1.29 is 14.3 Å². The molecule has 25 heavy (non-hydrogen) atoms. The van der Waals surface area contributed by atoms with Crippen molar-refractivity contribution in [2.75, 3.05) is 13.1 Å². The molecule has 2 amide bonds. The lowest BCUT2D eigenvalue weighted by Gasteiger charge is -2.37. The standard InChI is InChI=1S/C18H28N4O3/c1-18(2,3)25-17(24)22-9-6-4-5-7-14-15(22)8-10-21(14)16(23)13-11-19-12-20-13/h11-12,14-15H,4-10H2,1-3H3,(H,19,20)/t14-,15-/m1/s1. The zero-order chi connectivity index (χ0) is 18.0. The first-order valence-electron chi connectivity index (χ1n) is 9.16. The molecular weight excluding hydrogens is 320 g/mol. The largest absolute Gasteiger partial charge is 0.444 e. The van der Waals surface area contributed by atoms with Crippen LogP contribution < -0.4 is 0 Å². The highest BCUT2D eigenvalue weighted by Gasteiger charge is 2.43. The summed E-state index contributed by atoms with van der Waals surface area (Å²) in [6, 6.07) is 0.0747.